The van der Waals surface area contributed by atoms with Crippen LogP contribution in [0.1, 0.15) is 72.1 Å². The Balaban J connectivity index is 3.25. The van der Waals surface area contributed by atoms with Gasteiger partial charge in [-0.25, -0.2) is 0 Å². The van der Waals surface area contributed by atoms with Crippen LogP contribution in [0.15, 0.2) is 12.2 Å². The lowest BCUT2D eigenvalue weighted by molar-refractivity contribution is 0.460. The molecule has 0 bridgehead atoms. The highest BCUT2D eigenvalue weighted by atomic mass is 14.1. The second kappa shape index (κ2) is 10.8. The molecule has 0 N–H and O–H groups in total. The van der Waals surface area contributed by atoms with E-state index >= 15 is 0 Å². The topological polar surface area (TPSA) is 0 Å². The SMILES string of the molecule is CCCCC/C=C/CCC(CC)CC. The van der Waals surface area contributed by atoms with E-state index in [0.29, 0.717) is 0 Å². The van der Waals surface area contributed by atoms with Crippen LogP contribution in [0.3, 0.4) is 0 Å². The van der Waals surface area contributed by atoms with Crippen LogP contribution in [0.2, 0.25) is 0 Å². The Bertz CT molecular complexity index is 120. The first-order chi connectivity index (χ1) is 6.85. The Labute approximate surface area is 90.8 Å². The molecule has 0 nitrogen and oxygen atoms in total. The highest BCUT2D eigenvalue weighted by Crippen LogP contribution is 2.14. The lowest BCUT2D eigenvalue weighted by atomic mass is 9.97. The quantitative estimate of drug-likeness (QED) is 0.345. The molecule has 0 unspecified atom stereocenters. The fourth-order valence-corrected chi connectivity index (χ4v) is 1.78. The van der Waals surface area contributed by atoms with Crippen LogP contribution in [-0.2, 0) is 0 Å². The maximum Gasteiger partial charge on any atom is -0.0348 e. The smallest absolute Gasteiger partial charge is 0.0348 e. The van der Waals surface area contributed by atoms with Crippen LogP contribution >= 0.6 is 0 Å². The predicted octanol–water partition coefficient (Wildman–Crippen LogP) is 5.34. The van der Waals surface area contributed by atoms with E-state index in [0.717, 1.165) is 5.92 Å². The standard InChI is InChI=1S/C14H28/c1-4-7-8-9-10-11-12-13-14(5-2)6-3/h10-11,14H,4-9,12-13H2,1-3H3/b11-10+. The van der Waals surface area contributed by atoms with Crippen LogP contribution in [0.5, 0.6) is 0 Å². The summed E-state index contributed by atoms with van der Waals surface area (Å²) in [6.07, 6.45) is 15.5. The van der Waals surface area contributed by atoms with E-state index in [2.05, 4.69) is 32.9 Å². The van der Waals surface area contributed by atoms with Gasteiger partial charge in [0.25, 0.3) is 0 Å². The molecule has 0 aliphatic rings. The summed E-state index contributed by atoms with van der Waals surface area (Å²) in [5, 5.41) is 0. The third-order valence-corrected chi connectivity index (χ3v) is 3.04. The second-order valence-electron chi connectivity index (χ2n) is 4.23. The zero-order valence-corrected chi connectivity index (χ0v) is 10.4. The average Bonchev–Trinajstić information content (AvgIpc) is 2.22. The molecule has 0 aromatic rings. The van der Waals surface area contributed by atoms with Crippen LogP contribution in [0.25, 0.3) is 0 Å². The van der Waals surface area contributed by atoms with Crippen molar-refractivity contribution in [3.05, 3.63) is 12.2 Å². The largest absolute Gasteiger partial charge is 0.0885 e. The van der Waals surface area contributed by atoms with Crippen molar-refractivity contribution in [3.63, 3.8) is 0 Å². The fraction of sp³-hybridized carbons (Fsp3) is 0.857. The van der Waals surface area contributed by atoms with E-state index in [-0.39, 0.29) is 0 Å². The molecular formula is C14H28. The van der Waals surface area contributed by atoms with E-state index in [1.54, 1.807) is 0 Å². The summed E-state index contributed by atoms with van der Waals surface area (Å²) in [7, 11) is 0. The highest BCUT2D eigenvalue weighted by Gasteiger charge is 2.00. The third kappa shape index (κ3) is 8.34. The van der Waals surface area contributed by atoms with Crippen LogP contribution in [0.4, 0.5) is 0 Å². The lowest BCUT2D eigenvalue weighted by Gasteiger charge is -2.09. The van der Waals surface area contributed by atoms with Crippen molar-refractivity contribution in [2.45, 2.75) is 72.1 Å². The van der Waals surface area contributed by atoms with Gasteiger partial charge in [0.2, 0.25) is 0 Å². The summed E-state index contributed by atoms with van der Waals surface area (Å²) >= 11 is 0. The number of hydrogen-bond donors (Lipinski definition) is 0. The van der Waals surface area contributed by atoms with Gasteiger partial charge < -0.3 is 0 Å². The van der Waals surface area contributed by atoms with Gasteiger partial charge >= 0.3 is 0 Å². The number of rotatable bonds is 9. The van der Waals surface area contributed by atoms with E-state index in [4.69, 9.17) is 0 Å². The van der Waals surface area contributed by atoms with Gasteiger partial charge in [-0.2, -0.15) is 0 Å². The molecule has 0 aliphatic heterocycles. The van der Waals surface area contributed by atoms with Crippen molar-refractivity contribution in [1.29, 1.82) is 0 Å². The first-order valence-corrected chi connectivity index (χ1v) is 6.50. The van der Waals surface area contributed by atoms with Gasteiger partial charge in [-0.15, -0.1) is 0 Å². The molecule has 0 aliphatic carbocycles. The number of hydrogen-bond acceptors (Lipinski definition) is 0. The molecule has 0 radical (unpaired) electrons. The van der Waals surface area contributed by atoms with E-state index < -0.39 is 0 Å². The normalized spacial score (nSPS) is 11.7. The molecule has 0 heteroatoms. The molecule has 0 amide bonds. The minimum Gasteiger partial charge on any atom is -0.0885 e. The Morgan fingerprint density at radius 2 is 1.50 bits per heavy atom. The van der Waals surface area contributed by atoms with Crippen LogP contribution in [0, 0.1) is 5.92 Å². The summed E-state index contributed by atoms with van der Waals surface area (Å²) in [5.74, 6) is 0.954. The Kier molecular flexibility index (Phi) is 10.6. The van der Waals surface area contributed by atoms with Gasteiger partial charge in [-0.1, -0.05) is 58.6 Å². The molecule has 14 heavy (non-hydrogen) atoms. The molecule has 0 aromatic heterocycles. The van der Waals surface area contributed by atoms with Gasteiger partial charge in [-0.05, 0) is 31.6 Å². The van der Waals surface area contributed by atoms with Crippen molar-refractivity contribution in [2.24, 2.45) is 5.92 Å². The summed E-state index contributed by atoms with van der Waals surface area (Å²) in [6, 6.07) is 0. The molecule has 0 rings (SSSR count). The van der Waals surface area contributed by atoms with Gasteiger partial charge in [0.15, 0.2) is 0 Å². The molecule has 0 saturated carbocycles. The Morgan fingerprint density at radius 3 is 2.07 bits per heavy atom. The van der Waals surface area contributed by atoms with Crippen molar-refractivity contribution in [1.82, 2.24) is 0 Å². The molecule has 84 valence electrons. The number of unbranched alkanes of at least 4 members (excludes halogenated alkanes) is 3. The Morgan fingerprint density at radius 1 is 0.857 bits per heavy atom. The van der Waals surface area contributed by atoms with Crippen molar-refractivity contribution in [3.8, 4) is 0 Å². The molecule has 0 spiro atoms. The minimum absolute atomic E-state index is 0.954. The molecule has 0 saturated heterocycles. The summed E-state index contributed by atoms with van der Waals surface area (Å²) < 4.78 is 0. The second-order valence-corrected chi connectivity index (χ2v) is 4.23. The van der Waals surface area contributed by atoms with Gasteiger partial charge in [-0.3, -0.25) is 0 Å². The zero-order chi connectivity index (χ0) is 10.6. The first kappa shape index (κ1) is 13.7. The van der Waals surface area contributed by atoms with Gasteiger partial charge in [0.1, 0.15) is 0 Å². The van der Waals surface area contributed by atoms with Crippen molar-refractivity contribution in [2.75, 3.05) is 0 Å². The van der Waals surface area contributed by atoms with Crippen LogP contribution in [-0.4, -0.2) is 0 Å². The van der Waals surface area contributed by atoms with Crippen molar-refractivity contribution < 1.29 is 0 Å². The van der Waals surface area contributed by atoms with Crippen LogP contribution < -0.4 is 0 Å². The third-order valence-electron chi connectivity index (χ3n) is 3.04. The van der Waals surface area contributed by atoms with E-state index in [1.165, 1.54) is 51.4 Å². The van der Waals surface area contributed by atoms with Crippen molar-refractivity contribution >= 4 is 0 Å². The maximum atomic E-state index is 2.38. The highest BCUT2D eigenvalue weighted by molar-refractivity contribution is 4.82. The molecule has 0 fully saturated rings. The monoisotopic (exact) mass is 196 g/mol. The molecular weight excluding hydrogens is 168 g/mol. The molecule has 0 atom stereocenters. The van der Waals surface area contributed by atoms with Gasteiger partial charge in [0, 0.05) is 0 Å². The summed E-state index contributed by atoms with van der Waals surface area (Å²) in [6.45, 7) is 6.87. The summed E-state index contributed by atoms with van der Waals surface area (Å²) in [4.78, 5) is 0. The van der Waals surface area contributed by atoms with E-state index in [1.807, 2.05) is 0 Å². The fourth-order valence-electron chi connectivity index (χ4n) is 1.78. The Hall–Kier alpha value is -0.260. The first-order valence-electron chi connectivity index (χ1n) is 6.50. The zero-order valence-electron chi connectivity index (χ0n) is 10.4. The summed E-state index contributed by atoms with van der Waals surface area (Å²) in [5.41, 5.74) is 0. The maximum absolute atomic E-state index is 2.38. The lowest BCUT2D eigenvalue weighted by Crippen LogP contribution is -1.94. The molecule has 0 heterocycles. The van der Waals surface area contributed by atoms with E-state index in [9.17, 15) is 0 Å². The minimum atomic E-state index is 0.954. The predicted molar refractivity (Wildman–Crippen MR) is 66.6 cm³/mol. The molecule has 0 aromatic carbocycles. The average molecular weight is 196 g/mol. The van der Waals surface area contributed by atoms with Gasteiger partial charge in [0.05, 0.1) is 0 Å². The number of allylic oxidation sites excluding steroid dienone is 2.